The van der Waals surface area contributed by atoms with Crippen molar-refractivity contribution in [3.63, 3.8) is 0 Å². The van der Waals surface area contributed by atoms with E-state index in [1.807, 2.05) is 13.1 Å². The lowest BCUT2D eigenvalue weighted by molar-refractivity contribution is 1.10. The summed E-state index contributed by atoms with van der Waals surface area (Å²) in [6, 6.07) is 12.8. The minimum Gasteiger partial charge on any atom is -0.262 e. The highest BCUT2D eigenvalue weighted by atomic mass is 32.1. The Hall–Kier alpha value is -2.00. The molecule has 0 unspecified atom stereocenters. The molecule has 0 spiro atoms. The summed E-state index contributed by atoms with van der Waals surface area (Å²) in [6.07, 6.45) is 2.84. The Balaban J connectivity index is 2.18. The van der Waals surface area contributed by atoms with E-state index in [1.165, 1.54) is 26.6 Å². The zero-order chi connectivity index (χ0) is 14.8. The molecule has 1 aromatic carbocycles. The average Bonchev–Trinajstić information content (AvgIpc) is 2.91. The van der Waals surface area contributed by atoms with E-state index < -0.39 is 0 Å². The van der Waals surface area contributed by atoms with Gasteiger partial charge in [-0.1, -0.05) is 30.7 Å². The number of pyridine rings is 1. The van der Waals surface area contributed by atoms with Gasteiger partial charge in [0.25, 0.3) is 0 Å². The fraction of sp³-hybridized carbons (Fsp3) is 0.222. The highest BCUT2D eigenvalue weighted by Gasteiger charge is 2.14. The van der Waals surface area contributed by atoms with Crippen molar-refractivity contribution in [2.45, 2.75) is 27.2 Å². The molecule has 2 nitrogen and oxygen atoms in total. The molecule has 3 rings (SSSR count). The zero-order valence-electron chi connectivity index (χ0n) is 12.6. The summed E-state index contributed by atoms with van der Waals surface area (Å²) >= 11 is 1.78. The van der Waals surface area contributed by atoms with Crippen LogP contribution < -0.4 is 0 Å². The summed E-state index contributed by atoms with van der Waals surface area (Å²) in [5.41, 5.74) is 5.78. The Morgan fingerprint density at radius 2 is 1.90 bits per heavy atom. The summed E-state index contributed by atoms with van der Waals surface area (Å²) in [5.74, 6) is 0. The third kappa shape index (κ3) is 2.88. The van der Waals surface area contributed by atoms with E-state index in [1.54, 1.807) is 11.3 Å². The van der Waals surface area contributed by atoms with Crippen LogP contribution in [0.15, 0.2) is 42.6 Å². The van der Waals surface area contributed by atoms with Crippen molar-refractivity contribution in [2.75, 3.05) is 0 Å². The van der Waals surface area contributed by atoms with Crippen LogP contribution in [-0.2, 0) is 6.42 Å². The summed E-state index contributed by atoms with van der Waals surface area (Å²) in [7, 11) is 0. The van der Waals surface area contributed by atoms with Crippen LogP contribution in [0.5, 0.6) is 0 Å². The van der Waals surface area contributed by atoms with Gasteiger partial charge in [-0.25, -0.2) is 4.98 Å². The molecule has 0 atom stereocenters. The van der Waals surface area contributed by atoms with E-state index in [2.05, 4.69) is 55.2 Å². The number of hydrogen-bond acceptors (Lipinski definition) is 3. The van der Waals surface area contributed by atoms with Crippen LogP contribution >= 0.6 is 11.3 Å². The van der Waals surface area contributed by atoms with Crippen molar-refractivity contribution in [2.24, 2.45) is 0 Å². The highest BCUT2D eigenvalue weighted by molar-refractivity contribution is 7.15. The van der Waals surface area contributed by atoms with E-state index in [0.717, 1.165) is 17.8 Å². The lowest BCUT2D eigenvalue weighted by Crippen LogP contribution is -1.86. The van der Waals surface area contributed by atoms with Gasteiger partial charge in [-0.15, -0.1) is 11.3 Å². The van der Waals surface area contributed by atoms with E-state index >= 15 is 0 Å². The van der Waals surface area contributed by atoms with Crippen molar-refractivity contribution in [3.05, 3.63) is 58.9 Å². The normalized spacial score (nSPS) is 10.8. The smallest absolute Gasteiger partial charge is 0.0936 e. The highest BCUT2D eigenvalue weighted by Crippen LogP contribution is 2.37. The maximum Gasteiger partial charge on any atom is 0.0936 e. The maximum atomic E-state index is 4.84. The second kappa shape index (κ2) is 5.78. The van der Waals surface area contributed by atoms with E-state index in [0.29, 0.717) is 0 Å². The van der Waals surface area contributed by atoms with Gasteiger partial charge in [-0.3, -0.25) is 4.98 Å². The van der Waals surface area contributed by atoms with Crippen LogP contribution in [-0.4, -0.2) is 9.97 Å². The Labute approximate surface area is 129 Å². The third-order valence-electron chi connectivity index (χ3n) is 3.42. The Bertz CT molecular complexity index is 711. The molecule has 3 aromatic rings. The third-order valence-corrected chi connectivity index (χ3v) is 4.67. The number of aryl methyl sites for hydroxylation is 3. The number of aromatic nitrogens is 2. The molecule has 0 aliphatic heterocycles. The standard InChI is InChI=1S/C18H18N2S/c1-4-16-20-17(14-7-5-6-12(2)10-14)18(21-16)15-8-9-19-13(3)11-15/h5-11H,4H2,1-3H3. The largest absolute Gasteiger partial charge is 0.262 e. The lowest BCUT2D eigenvalue weighted by Gasteiger charge is -2.04. The van der Waals surface area contributed by atoms with Crippen molar-refractivity contribution in [1.82, 2.24) is 9.97 Å². The van der Waals surface area contributed by atoms with Crippen LogP contribution in [0.1, 0.15) is 23.2 Å². The first-order valence-corrected chi connectivity index (χ1v) is 7.99. The van der Waals surface area contributed by atoms with Crippen molar-refractivity contribution >= 4 is 11.3 Å². The Morgan fingerprint density at radius 3 is 2.62 bits per heavy atom. The fourth-order valence-corrected chi connectivity index (χ4v) is 3.41. The summed E-state index contributed by atoms with van der Waals surface area (Å²) in [5, 5.41) is 1.18. The summed E-state index contributed by atoms with van der Waals surface area (Å²) in [4.78, 5) is 10.4. The number of rotatable bonds is 3. The lowest BCUT2D eigenvalue weighted by atomic mass is 10.1. The van der Waals surface area contributed by atoms with Crippen LogP contribution in [0, 0.1) is 13.8 Å². The first kappa shape index (κ1) is 14.0. The number of hydrogen-bond donors (Lipinski definition) is 0. The molecule has 3 heteroatoms. The fourth-order valence-electron chi connectivity index (χ4n) is 2.39. The molecule has 2 aromatic heterocycles. The van der Waals surface area contributed by atoms with Gasteiger partial charge in [-0.05, 0) is 44.0 Å². The molecule has 0 bridgehead atoms. The molecule has 0 fully saturated rings. The molecule has 2 heterocycles. The van der Waals surface area contributed by atoms with Gasteiger partial charge in [0.15, 0.2) is 0 Å². The molecule has 0 saturated heterocycles. The number of nitrogens with zero attached hydrogens (tertiary/aromatic N) is 2. The Morgan fingerprint density at radius 1 is 1.05 bits per heavy atom. The second-order valence-corrected chi connectivity index (χ2v) is 6.28. The number of thiazole rings is 1. The molecule has 0 aliphatic carbocycles. The quantitative estimate of drug-likeness (QED) is 0.675. The van der Waals surface area contributed by atoms with Crippen molar-refractivity contribution in [3.8, 4) is 21.7 Å². The zero-order valence-corrected chi connectivity index (χ0v) is 13.4. The van der Waals surface area contributed by atoms with Gasteiger partial charge in [0.05, 0.1) is 15.6 Å². The number of benzene rings is 1. The molecular formula is C18H18N2S. The molecule has 0 radical (unpaired) electrons. The molecule has 0 saturated carbocycles. The van der Waals surface area contributed by atoms with Gasteiger partial charge in [0.1, 0.15) is 0 Å². The van der Waals surface area contributed by atoms with Crippen LogP contribution in [0.4, 0.5) is 0 Å². The monoisotopic (exact) mass is 294 g/mol. The van der Waals surface area contributed by atoms with Gasteiger partial charge in [0.2, 0.25) is 0 Å². The minimum atomic E-state index is 0.966. The van der Waals surface area contributed by atoms with Gasteiger partial charge in [0, 0.05) is 17.5 Å². The van der Waals surface area contributed by atoms with Crippen LogP contribution in [0.3, 0.4) is 0 Å². The molecular weight excluding hydrogens is 276 g/mol. The first-order valence-electron chi connectivity index (χ1n) is 7.17. The SMILES string of the molecule is CCc1nc(-c2cccc(C)c2)c(-c2ccnc(C)c2)s1. The first-order chi connectivity index (χ1) is 10.2. The molecule has 106 valence electrons. The van der Waals surface area contributed by atoms with Crippen LogP contribution in [0.2, 0.25) is 0 Å². The van der Waals surface area contributed by atoms with Gasteiger partial charge in [-0.2, -0.15) is 0 Å². The van der Waals surface area contributed by atoms with Crippen molar-refractivity contribution in [1.29, 1.82) is 0 Å². The van der Waals surface area contributed by atoms with Gasteiger partial charge >= 0.3 is 0 Å². The topological polar surface area (TPSA) is 25.8 Å². The predicted molar refractivity (Wildman–Crippen MR) is 89.6 cm³/mol. The van der Waals surface area contributed by atoms with Gasteiger partial charge < -0.3 is 0 Å². The summed E-state index contributed by atoms with van der Waals surface area (Å²) < 4.78 is 0. The van der Waals surface area contributed by atoms with Crippen LogP contribution in [0.25, 0.3) is 21.7 Å². The molecule has 0 N–H and O–H groups in total. The predicted octanol–water partition coefficient (Wildman–Crippen LogP) is 5.05. The second-order valence-electron chi connectivity index (χ2n) is 5.19. The Kier molecular flexibility index (Phi) is 3.84. The summed E-state index contributed by atoms with van der Waals surface area (Å²) in [6.45, 7) is 6.30. The van der Waals surface area contributed by atoms with E-state index in [4.69, 9.17) is 4.98 Å². The minimum absolute atomic E-state index is 0.966. The van der Waals surface area contributed by atoms with E-state index in [9.17, 15) is 0 Å². The maximum absolute atomic E-state index is 4.84. The van der Waals surface area contributed by atoms with E-state index in [-0.39, 0.29) is 0 Å². The average molecular weight is 294 g/mol. The van der Waals surface area contributed by atoms with Crippen molar-refractivity contribution < 1.29 is 0 Å². The molecule has 21 heavy (non-hydrogen) atoms. The molecule has 0 amide bonds. The molecule has 0 aliphatic rings.